The molecule has 0 aromatic heterocycles. The second kappa shape index (κ2) is 6.49. The van der Waals surface area contributed by atoms with Gasteiger partial charge in [0.1, 0.15) is 11.5 Å². The van der Waals surface area contributed by atoms with Gasteiger partial charge in [0.25, 0.3) is 5.69 Å². The summed E-state index contributed by atoms with van der Waals surface area (Å²) in [6.07, 6.45) is 1.98. The number of hydrogen-bond donors (Lipinski definition) is 1. The molecular weight excluding hydrogens is 329 g/mol. The molecule has 2 rings (SSSR count). The van der Waals surface area contributed by atoms with E-state index in [4.69, 9.17) is 0 Å². The summed E-state index contributed by atoms with van der Waals surface area (Å²) in [6, 6.07) is 2.51. The minimum absolute atomic E-state index is 0.105. The molecule has 1 atom stereocenters. The van der Waals surface area contributed by atoms with E-state index in [0.29, 0.717) is 0 Å². The van der Waals surface area contributed by atoms with Gasteiger partial charge in [-0.3, -0.25) is 10.1 Å². The quantitative estimate of drug-likeness (QED) is 0.671. The van der Waals surface area contributed by atoms with Gasteiger partial charge in [0.2, 0.25) is 0 Å². The fourth-order valence-corrected chi connectivity index (χ4v) is 2.81. The van der Waals surface area contributed by atoms with Gasteiger partial charge in [0.15, 0.2) is 0 Å². The second-order valence-electron chi connectivity index (χ2n) is 4.92. The molecule has 0 radical (unpaired) electrons. The third-order valence-corrected chi connectivity index (χ3v) is 4.16. The molecule has 1 saturated heterocycles. The van der Waals surface area contributed by atoms with E-state index in [-0.39, 0.29) is 21.9 Å². The van der Waals surface area contributed by atoms with E-state index in [1.165, 1.54) is 12.1 Å². The molecule has 7 heteroatoms. The number of likely N-dealkylation sites (tertiary alicyclic amines) is 1. The Balaban J connectivity index is 2.19. The molecule has 1 fully saturated rings. The molecule has 20 heavy (non-hydrogen) atoms. The number of likely N-dealkylation sites (N-methyl/N-ethyl adjacent to an activating group) is 1. The largest absolute Gasteiger partial charge is 0.375 e. The standard InChI is InChI=1S/C13H17BrFN3O2/c1-2-17-5-3-4-9(8-17)16-12-7-11(15)10(14)6-13(12)18(19)20/h6-7,9,16H,2-5,8H2,1H3. The van der Waals surface area contributed by atoms with Crippen LogP contribution >= 0.6 is 15.9 Å². The summed E-state index contributed by atoms with van der Waals surface area (Å²) in [6.45, 7) is 4.91. The van der Waals surface area contributed by atoms with Gasteiger partial charge in [0.05, 0.1) is 9.40 Å². The van der Waals surface area contributed by atoms with Crippen molar-refractivity contribution in [1.29, 1.82) is 0 Å². The number of nitro benzene ring substituents is 1. The number of anilines is 1. The molecule has 1 aliphatic rings. The van der Waals surface area contributed by atoms with E-state index < -0.39 is 10.7 Å². The average Bonchev–Trinajstić information content (AvgIpc) is 2.42. The van der Waals surface area contributed by atoms with Crippen molar-refractivity contribution in [2.75, 3.05) is 25.0 Å². The normalized spacial score (nSPS) is 19.9. The number of benzene rings is 1. The van der Waals surface area contributed by atoms with E-state index in [1.807, 2.05) is 0 Å². The van der Waals surface area contributed by atoms with E-state index in [2.05, 4.69) is 33.1 Å². The first-order valence-electron chi connectivity index (χ1n) is 6.63. The maximum atomic E-state index is 13.6. The third kappa shape index (κ3) is 3.46. The number of halogens is 2. The number of nitrogens with zero attached hydrogens (tertiary/aromatic N) is 2. The Kier molecular flexibility index (Phi) is 4.93. The van der Waals surface area contributed by atoms with Crippen LogP contribution in [0.1, 0.15) is 19.8 Å². The lowest BCUT2D eigenvalue weighted by Gasteiger charge is -2.32. The van der Waals surface area contributed by atoms with Gasteiger partial charge in [-0.05, 0) is 41.9 Å². The lowest BCUT2D eigenvalue weighted by atomic mass is 10.1. The van der Waals surface area contributed by atoms with E-state index >= 15 is 0 Å². The van der Waals surface area contributed by atoms with Gasteiger partial charge in [-0.1, -0.05) is 6.92 Å². The fourth-order valence-electron chi connectivity index (χ4n) is 2.48. The van der Waals surface area contributed by atoms with Crippen molar-refractivity contribution in [3.63, 3.8) is 0 Å². The van der Waals surface area contributed by atoms with Gasteiger partial charge in [-0.15, -0.1) is 0 Å². The van der Waals surface area contributed by atoms with Crippen LogP contribution in [0.5, 0.6) is 0 Å². The molecule has 5 nitrogen and oxygen atoms in total. The summed E-state index contributed by atoms with van der Waals surface area (Å²) in [4.78, 5) is 12.8. The molecule has 1 heterocycles. The maximum Gasteiger partial charge on any atom is 0.293 e. The highest BCUT2D eigenvalue weighted by molar-refractivity contribution is 9.10. The van der Waals surface area contributed by atoms with Gasteiger partial charge in [0, 0.05) is 24.7 Å². The van der Waals surface area contributed by atoms with Crippen LogP contribution in [0, 0.1) is 15.9 Å². The molecule has 1 aromatic rings. The zero-order chi connectivity index (χ0) is 14.7. The molecule has 0 saturated carbocycles. The van der Waals surface area contributed by atoms with E-state index in [1.54, 1.807) is 0 Å². The topological polar surface area (TPSA) is 58.4 Å². The lowest BCUT2D eigenvalue weighted by molar-refractivity contribution is -0.384. The van der Waals surface area contributed by atoms with E-state index in [0.717, 1.165) is 32.5 Å². The molecule has 0 aliphatic carbocycles. The maximum absolute atomic E-state index is 13.6. The van der Waals surface area contributed by atoms with E-state index in [9.17, 15) is 14.5 Å². The molecule has 0 bridgehead atoms. The Morgan fingerprint density at radius 1 is 1.60 bits per heavy atom. The summed E-state index contributed by atoms with van der Waals surface area (Å²) < 4.78 is 13.7. The molecule has 0 amide bonds. The summed E-state index contributed by atoms with van der Waals surface area (Å²) >= 11 is 2.98. The Labute approximate surface area is 125 Å². The van der Waals surface area contributed by atoms with Crippen LogP contribution in [-0.2, 0) is 0 Å². The van der Waals surface area contributed by atoms with Crippen LogP contribution in [0.3, 0.4) is 0 Å². The minimum atomic E-state index is -0.499. The van der Waals surface area contributed by atoms with Gasteiger partial charge < -0.3 is 10.2 Å². The fraction of sp³-hybridized carbons (Fsp3) is 0.538. The molecule has 0 spiro atoms. The average molecular weight is 346 g/mol. The molecule has 1 unspecified atom stereocenters. The highest BCUT2D eigenvalue weighted by atomic mass is 79.9. The van der Waals surface area contributed by atoms with Gasteiger partial charge >= 0.3 is 0 Å². The van der Waals surface area contributed by atoms with Crippen LogP contribution in [0.2, 0.25) is 0 Å². The van der Waals surface area contributed by atoms with Gasteiger partial charge in [-0.25, -0.2) is 4.39 Å². The smallest absolute Gasteiger partial charge is 0.293 e. The summed E-state index contributed by atoms with van der Waals surface area (Å²) in [5, 5.41) is 14.2. The van der Waals surface area contributed by atoms with Crippen molar-refractivity contribution in [3.8, 4) is 0 Å². The minimum Gasteiger partial charge on any atom is -0.375 e. The first-order chi connectivity index (χ1) is 9.51. The van der Waals surface area contributed by atoms with Crippen molar-refractivity contribution >= 4 is 27.3 Å². The SMILES string of the molecule is CCN1CCCC(Nc2cc(F)c(Br)cc2[N+](=O)[O-])C1. The Hall–Kier alpha value is -1.21. The summed E-state index contributed by atoms with van der Waals surface area (Å²) in [7, 11) is 0. The molecule has 1 N–H and O–H groups in total. The number of nitro groups is 1. The molecule has 1 aromatic carbocycles. The zero-order valence-electron chi connectivity index (χ0n) is 11.2. The summed E-state index contributed by atoms with van der Waals surface area (Å²) in [5.41, 5.74) is 0.144. The Morgan fingerprint density at radius 3 is 3.00 bits per heavy atom. The van der Waals surface area contributed by atoms with Crippen molar-refractivity contribution in [2.45, 2.75) is 25.8 Å². The monoisotopic (exact) mass is 345 g/mol. The Bertz CT molecular complexity index is 513. The first kappa shape index (κ1) is 15.2. The highest BCUT2D eigenvalue weighted by Gasteiger charge is 2.23. The van der Waals surface area contributed by atoms with Crippen molar-refractivity contribution < 1.29 is 9.31 Å². The summed E-state index contributed by atoms with van der Waals surface area (Å²) in [5.74, 6) is -0.499. The number of nitrogens with one attached hydrogen (secondary N) is 1. The number of rotatable bonds is 4. The highest BCUT2D eigenvalue weighted by Crippen LogP contribution is 2.31. The van der Waals surface area contributed by atoms with Crippen molar-refractivity contribution in [1.82, 2.24) is 4.90 Å². The van der Waals surface area contributed by atoms with Crippen LogP contribution in [0.15, 0.2) is 16.6 Å². The molecule has 1 aliphatic heterocycles. The van der Waals surface area contributed by atoms with Crippen LogP contribution in [-0.4, -0.2) is 35.5 Å². The van der Waals surface area contributed by atoms with Crippen molar-refractivity contribution in [2.24, 2.45) is 0 Å². The Morgan fingerprint density at radius 2 is 2.35 bits per heavy atom. The number of hydrogen-bond acceptors (Lipinski definition) is 4. The van der Waals surface area contributed by atoms with Crippen LogP contribution < -0.4 is 5.32 Å². The zero-order valence-corrected chi connectivity index (χ0v) is 12.8. The predicted molar refractivity (Wildman–Crippen MR) is 79.5 cm³/mol. The molecular formula is C13H17BrFN3O2. The number of piperidine rings is 1. The van der Waals surface area contributed by atoms with Crippen molar-refractivity contribution in [3.05, 3.63) is 32.5 Å². The third-order valence-electron chi connectivity index (χ3n) is 3.55. The van der Waals surface area contributed by atoms with Crippen LogP contribution in [0.25, 0.3) is 0 Å². The predicted octanol–water partition coefficient (Wildman–Crippen LogP) is 3.39. The lowest BCUT2D eigenvalue weighted by Crippen LogP contribution is -2.41. The van der Waals surface area contributed by atoms with Crippen LogP contribution in [0.4, 0.5) is 15.8 Å². The molecule has 110 valence electrons. The second-order valence-corrected chi connectivity index (χ2v) is 5.77. The first-order valence-corrected chi connectivity index (χ1v) is 7.43. The van der Waals surface area contributed by atoms with Gasteiger partial charge in [-0.2, -0.15) is 0 Å².